The van der Waals surface area contributed by atoms with Gasteiger partial charge in [-0.3, -0.25) is 4.79 Å². The van der Waals surface area contributed by atoms with Crippen LogP contribution in [0.4, 0.5) is 0 Å². The topological polar surface area (TPSA) is 49.3 Å². The Bertz CT molecular complexity index is 217. The summed E-state index contributed by atoms with van der Waals surface area (Å²) in [6.45, 7) is 5.32. The number of aliphatic hydroxyl groups excluding tert-OH is 1. The smallest absolute Gasteiger partial charge is 0.244 e. The Labute approximate surface area is 79.2 Å². The Morgan fingerprint density at radius 1 is 1.46 bits per heavy atom. The van der Waals surface area contributed by atoms with Gasteiger partial charge in [0.2, 0.25) is 5.91 Å². The van der Waals surface area contributed by atoms with Crippen LogP contribution in [0.1, 0.15) is 20.8 Å². The van der Waals surface area contributed by atoms with Gasteiger partial charge >= 0.3 is 0 Å². The van der Waals surface area contributed by atoms with Crippen LogP contribution in [-0.2, 0) is 4.79 Å². The molecule has 0 aromatic carbocycles. The molecule has 0 unspecified atom stereocenters. The number of carbonyl (C=O) groups is 1. The van der Waals surface area contributed by atoms with Crippen molar-refractivity contribution in [2.75, 3.05) is 6.61 Å². The van der Waals surface area contributed by atoms with Crippen molar-refractivity contribution in [3.63, 3.8) is 0 Å². The van der Waals surface area contributed by atoms with Gasteiger partial charge in [0.25, 0.3) is 0 Å². The van der Waals surface area contributed by atoms with Crippen LogP contribution in [-0.4, -0.2) is 23.2 Å². The summed E-state index contributed by atoms with van der Waals surface area (Å²) in [6.07, 6.45) is 6.69. The van der Waals surface area contributed by atoms with E-state index < -0.39 is 5.54 Å². The predicted octanol–water partition coefficient (Wildman–Crippen LogP) is 1.01. The molecule has 0 aliphatic rings. The molecule has 0 aromatic heterocycles. The van der Waals surface area contributed by atoms with Gasteiger partial charge in [-0.25, -0.2) is 0 Å². The number of hydrogen-bond acceptors (Lipinski definition) is 2. The zero-order valence-corrected chi connectivity index (χ0v) is 8.37. The molecule has 0 atom stereocenters. The van der Waals surface area contributed by atoms with Gasteiger partial charge in [0.05, 0.1) is 12.1 Å². The summed E-state index contributed by atoms with van der Waals surface area (Å²) in [6, 6.07) is 0. The first-order valence-electron chi connectivity index (χ1n) is 4.24. The lowest BCUT2D eigenvalue weighted by Crippen LogP contribution is -2.45. The number of aliphatic hydroxyl groups is 1. The first-order valence-corrected chi connectivity index (χ1v) is 4.24. The monoisotopic (exact) mass is 183 g/mol. The summed E-state index contributed by atoms with van der Waals surface area (Å²) in [4.78, 5) is 11.1. The minimum atomic E-state index is -0.558. The van der Waals surface area contributed by atoms with Crippen LogP contribution in [0.2, 0.25) is 0 Å². The van der Waals surface area contributed by atoms with E-state index in [1.807, 2.05) is 13.0 Å². The Morgan fingerprint density at radius 3 is 2.54 bits per heavy atom. The predicted molar refractivity (Wildman–Crippen MR) is 53.3 cm³/mol. The van der Waals surface area contributed by atoms with Gasteiger partial charge in [-0.15, -0.1) is 0 Å². The van der Waals surface area contributed by atoms with Crippen LogP contribution in [0.15, 0.2) is 24.3 Å². The third-order valence-corrected chi connectivity index (χ3v) is 1.41. The molecule has 0 rings (SSSR count). The maximum absolute atomic E-state index is 11.1. The van der Waals surface area contributed by atoms with Gasteiger partial charge < -0.3 is 10.4 Å². The fourth-order valence-electron chi connectivity index (χ4n) is 0.669. The molecule has 0 aliphatic heterocycles. The fourth-order valence-corrected chi connectivity index (χ4v) is 0.669. The van der Waals surface area contributed by atoms with Gasteiger partial charge in [0.15, 0.2) is 0 Å². The first-order chi connectivity index (χ1) is 6.02. The fraction of sp³-hybridized carbons (Fsp3) is 0.500. The number of allylic oxidation sites excluding steroid dienone is 3. The lowest BCUT2D eigenvalue weighted by molar-refractivity contribution is -0.118. The number of rotatable bonds is 4. The second-order valence-electron chi connectivity index (χ2n) is 3.42. The Hall–Kier alpha value is -1.09. The molecule has 3 nitrogen and oxygen atoms in total. The second-order valence-corrected chi connectivity index (χ2v) is 3.42. The highest BCUT2D eigenvalue weighted by atomic mass is 16.3. The molecule has 0 saturated carbocycles. The van der Waals surface area contributed by atoms with Gasteiger partial charge in [0, 0.05) is 6.08 Å². The van der Waals surface area contributed by atoms with Gasteiger partial charge in [0.1, 0.15) is 0 Å². The molecule has 3 heteroatoms. The van der Waals surface area contributed by atoms with Crippen LogP contribution in [0.5, 0.6) is 0 Å². The Balaban J connectivity index is 4.01. The van der Waals surface area contributed by atoms with Crippen molar-refractivity contribution in [1.29, 1.82) is 0 Å². The molecule has 0 aromatic rings. The maximum atomic E-state index is 11.1. The number of amides is 1. The number of carbonyl (C=O) groups excluding carboxylic acids is 1. The molecular formula is C10H17NO2. The molecule has 0 spiro atoms. The third-order valence-electron chi connectivity index (χ3n) is 1.41. The molecule has 0 fully saturated rings. The van der Waals surface area contributed by atoms with E-state index in [-0.39, 0.29) is 12.5 Å². The molecule has 1 amide bonds. The van der Waals surface area contributed by atoms with Crippen molar-refractivity contribution in [2.45, 2.75) is 26.3 Å². The molecule has 2 N–H and O–H groups in total. The van der Waals surface area contributed by atoms with Crippen molar-refractivity contribution < 1.29 is 9.90 Å². The van der Waals surface area contributed by atoms with E-state index in [9.17, 15) is 4.79 Å². The SMILES string of the molecule is CC=CC=CC(=O)NC(C)(C)CO. The molecule has 0 radical (unpaired) electrons. The van der Waals surface area contributed by atoms with Gasteiger partial charge in [-0.1, -0.05) is 18.2 Å². The minimum absolute atomic E-state index is 0.0732. The van der Waals surface area contributed by atoms with E-state index in [1.165, 1.54) is 6.08 Å². The van der Waals surface area contributed by atoms with Gasteiger partial charge in [-0.05, 0) is 20.8 Å². The highest BCUT2D eigenvalue weighted by Gasteiger charge is 2.16. The summed E-state index contributed by atoms with van der Waals surface area (Å²) >= 11 is 0. The summed E-state index contributed by atoms with van der Waals surface area (Å²) in [7, 11) is 0. The summed E-state index contributed by atoms with van der Waals surface area (Å²) in [5, 5.41) is 11.5. The third kappa shape index (κ3) is 6.11. The van der Waals surface area contributed by atoms with Crippen molar-refractivity contribution in [3.05, 3.63) is 24.3 Å². The molecule has 13 heavy (non-hydrogen) atoms. The molecular weight excluding hydrogens is 166 g/mol. The van der Waals surface area contributed by atoms with E-state index in [0.717, 1.165) is 0 Å². The average Bonchev–Trinajstić information content (AvgIpc) is 2.04. The molecule has 0 saturated heterocycles. The number of hydrogen-bond donors (Lipinski definition) is 2. The van der Waals surface area contributed by atoms with E-state index in [0.29, 0.717) is 0 Å². The van der Waals surface area contributed by atoms with Crippen LogP contribution >= 0.6 is 0 Å². The lowest BCUT2D eigenvalue weighted by atomic mass is 10.1. The van der Waals surface area contributed by atoms with E-state index in [1.54, 1.807) is 26.0 Å². The summed E-state index contributed by atoms with van der Waals surface area (Å²) in [5.41, 5.74) is -0.558. The zero-order valence-electron chi connectivity index (χ0n) is 8.37. The Kier molecular flexibility index (Phi) is 5.07. The van der Waals surface area contributed by atoms with Gasteiger partial charge in [-0.2, -0.15) is 0 Å². The van der Waals surface area contributed by atoms with Crippen LogP contribution in [0, 0.1) is 0 Å². The second kappa shape index (κ2) is 5.54. The number of nitrogens with one attached hydrogen (secondary N) is 1. The molecule has 0 heterocycles. The lowest BCUT2D eigenvalue weighted by Gasteiger charge is -2.22. The molecule has 0 bridgehead atoms. The van der Waals surface area contributed by atoms with E-state index in [4.69, 9.17) is 5.11 Å². The van der Waals surface area contributed by atoms with Crippen molar-refractivity contribution in [2.24, 2.45) is 0 Å². The minimum Gasteiger partial charge on any atom is -0.394 e. The van der Waals surface area contributed by atoms with E-state index in [2.05, 4.69) is 5.32 Å². The molecule has 0 aliphatic carbocycles. The standard InChI is InChI=1S/C10H17NO2/c1-4-5-6-7-9(13)11-10(2,3)8-12/h4-7,12H,8H2,1-3H3,(H,11,13). The molecule has 74 valence electrons. The summed E-state index contributed by atoms with van der Waals surface area (Å²) in [5.74, 6) is -0.197. The quantitative estimate of drug-likeness (QED) is 0.504. The van der Waals surface area contributed by atoms with Crippen LogP contribution in [0.25, 0.3) is 0 Å². The highest BCUT2D eigenvalue weighted by molar-refractivity contribution is 5.88. The highest BCUT2D eigenvalue weighted by Crippen LogP contribution is 1.98. The van der Waals surface area contributed by atoms with Crippen molar-refractivity contribution >= 4 is 5.91 Å². The van der Waals surface area contributed by atoms with Crippen molar-refractivity contribution in [1.82, 2.24) is 5.32 Å². The van der Waals surface area contributed by atoms with Crippen LogP contribution < -0.4 is 5.32 Å². The summed E-state index contributed by atoms with van der Waals surface area (Å²) < 4.78 is 0. The van der Waals surface area contributed by atoms with Crippen molar-refractivity contribution in [3.8, 4) is 0 Å². The largest absolute Gasteiger partial charge is 0.394 e. The zero-order chi connectivity index (χ0) is 10.3. The maximum Gasteiger partial charge on any atom is 0.244 e. The average molecular weight is 183 g/mol. The van der Waals surface area contributed by atoms with E-state index >= 15 is 0 Å². The van der Waals surface area contributed by atoms with Crippen LogP contribution in [0.3, 0.4) is 0 Å². The first kappa shape index (κ1) is 11.9. The normalized spacial score (nSPS) is 12.6. The Morgan fingerprint density at radius 2 is 2.08 bits per heavy atom.